The van der Waals surface area contributed by atoms with Crippen LogP contribution in [0.1, 0.15) is 60.0 Å². The van der Waals surface area contributed by atoms with Crippen LogP contribution in [0.3, 0.4) is 0 Å². The van der Waals surface area contributed by atoms with Crippen LogP contribution in [0.4, 0.5) is 0 Å². The molecule has 12 nitrogen and oxygen atoms in total. The smallest absolute Gasteiger partial charge is 0.342 e. The predicted molar refractivity (Wildman–Crippen MR) is 157 cm³/mol. The molecule has 0 spiro atoms. The Morgan fingerprint density at radius 1 is 0.932 bits per heavy atom. The molecule has 0 bridgehead atoms. The van der Waals surface area contributed by atoms with Gasteiger partial charge < -0.3 is 44.1 Å². The Balaban J connectivity index is 1.59. The van der Waals surface area contributed by atoms with E-state index in [1.54, 1.807) is 0 Å². The third kappa shape index (κ3) is 9.88. The van der Waals surface area contributed by atoms with E-state index in [1.807, 2.05) is 24.3 Å². The first kappa shape index (κ1) is 35.2. The monoisotopic (exact) mass is 638 g/mol. The maximum Gasteiger partial charge on any atom is 0.342 e. The molecule has 1 fully saturated rings. The zero-order valence-corrected chi connectivity index (χ0v) is 25.4. The normalized spacial score (nSPS) is 21.5. The molecule has 0 aliphatic carbocycles. The second-order valence-electron chi connectivity index (χ2n) is 10.4. The van der Waals surface area contributed by atoms with Gasteiger partial charge in [0.15, 0.2) is 12.4 Å². The van der Waals surface area contributed by atoms with Gasteiger partial charge in [0, 0.05) is 32.4 Å². The number of methoxy groups -OCH3 is 2. The third-order valence-corrected chi connectivity index (χ3v) is 7.45. The number of ketones is 1. The number of unbranched alkanes of at least 4 members (excludes halogenated alkanes) is 3. The van der Waals surface area contributed by atoms with Crippen molar-refractivity contribution in [2.24, 2.45) is 0 Å². The van der Waals surface area contributed by atoms with E-state index in [0.717, 1.165) is 30.4 Å². The number of carboxylic acids is 1. The Hall–Kier alpha value is -3.26. The molecule has 0 unspecified atom stereocenters. The average Bonchev–Trinajstić information content (AvgIpc) is 3.00. The van der Waals surface area contributed by atoms with Crippen LogP contribution in [0.5, 0.6) is 11.5 Å². The third-order valence-electron chi connectivity index (χ3n) is 7.16. The van der Waals surface area contributed by atoms with Crippen LogP contribution in [0.2, 0.25) is 5.02 Å². The van der Waals surface area contributed by atoms with Crippen LogP contribution in [-0.4, -0.2) is 89.7 Å². The van der Waals surface area contributed by atoms with Crippen molar-refractivity contribution < 1.29 is 58.5 Å². The van der Waals surface area contributed by atoms with Crippen LogP contribution in [0.15, 0.2) is 36.4 Å². The first-order chi connectivity index (χ1) is 21.1. The summed E-state index contributed by atoms with van der Waals surface area (Å²) in [5.74, 6) is -1.34. The van der Waals surface area contributed by atoms with Gasteiger partial charge in [-0.2, -0.15) is 0 Å². The number of ether oxygens (including phenoxy) is 5. The first-order valence-corrected chi connectivity index (χ1v) is 14.6. The van der Waals surface area contributed by atoms with E-state index in [1.165, 1.54) is 26.4 Å². The number of benzene rings is 2. The number of halogens is 1. The number of carbonyl (C=O) groups is 3. The lowest BCUT2D eigenvalue weighted by molar-refractivity contribution is -0.293. The molecule has 2 aromatic rings. The largest absolute Gasteiger partial charge is 0.496 e. The van der Waals surface area contributed by atoms with E-state index >= 15 is 0 Å². The van der Waals surface area contributed by atoms with Gasteiger partial charge in [0.05, 0.1) is 18.7 Å². The SMILES string of the molecule is COc1cc(OCc2cccc(CC(=O)CCCCCCC(=O)O)c2)c(Cl)cc1C(=O)O[C@H]1[C@@H](OC)O[C@H](CO)[C@@H](O)[C@@H]1O. The molecule has 0 amide bonds. The van der Waals surface area contributed by atoms with Gasteiger partial charge in [-0.05, 0) is 30.0 Å². The molecule has 1 aliphatic heterocycles. The Morgan fingerprint density at radius 2 is 1.64 bits per heavy atom. The minimum atomic E-state index is -1.60. The Kier molecular flexibility index (Phi) is 13.8. The number of aliphatic hydroxyl groups is 3. The molecule has 44 heavy (non-hydrogen) atoms. The summed E-state index contributed by atoms with van der Waals surface area (Å²) in [5.41, 5.74) is 1.55. The van der Waals surface area contributed by atoms with Gasteiger partial charge in [0.25, 0.3) is 0 Å². The highest BCUT2D eigenvalue weighted by molar-refractivity contribution is 6.32. The summed E-state index contributed by atoms with van der Waals surface area (Å²) in [6.07, 6.45) is -3.13. The summed E-state index contributed by atoms with van der Waals surface area (Å²) >= 11 is 6.42. The minimum absolute atomic E-state index is 0.0747. The number of hydrogen-bond donors (Lipinski definition) is 4. The van der Waals surface area contributed by atoms with Crippen molar-refractivity contribution in [2.75, 3.05) is 20.8 Å². The zero-order chi connectivity index (χ0) is 32.2. The predicted octanol–water partition coefficient (Wildman–Crippen LogP) is 3.08. The van der Waals surface area contributed by atoms with Crippen molar-refractivity contribution in [3.05, 3.63) is 58.1 Å². The molecule has 1 saturated heterocycles. The second kappa shape index (κ2) is 17.3. The van der Waals surface area contributed by atoms with Gasteiger partial charge in [0.1, 0.15) is 47.8 Å². The number of Topliss-reactive ketones (excluding diaryl/α,β-unsaturated/α-hetero) is 1. The standard InChI is InChI=1S/C31H39ClO12/c1-40-23-15-24(22(32)14-21(23)30(39)44-29-28(38)27(37)25(16-33)43-31(29)41-2)42-17-19-9-7-8-18(12-19)13-20(34)10-5-3-4-6-11-26(35)36/h7-9,12,14-15,25,27-29,31,33,37-38H,3-6,10-11,13,16-17H2,1-2H3,(H,35,36)/t25-,27-,28+,29-,31+/m1/s1. The molecule has 1 aliphatic rings. The number of aliphatic hydroxyl groups excluding tert-OH is 3. The van der Waals surface area contributed by atoms with E-state index < -0.39 is 49.3 Å². The number of esters is 1. The van der Waals surface area contributed by atoms with Crippen molar-refractivity contribution >= 4 is 29.3 Å². The summed E-state index contributed by atoms with van der Waals surface area (Å²) in [4.78, 5) is 36.1. The van der Waals surface area contributed by atoms with Crippen molar-refractivity contribution in [1.29, 1.82) is 0 Å². The molecule has 0 aromatic heterocycles. The molecular weight excluding hydrogens is 600 g/mol. The molecular formula is C31H39ClO12. The van der Waals surface area contributed by atoms with E-state index in [0.29, 0.717) is 12.8 Å². The lowest BCUT2D eigenvalue weighted by atomic mass is 9.99. The van der Waals surface area contributed by atoms with Gasteiger partial charge >= 0.3 is 11.9 Å². The van der Waals surface area contributed by atoms with E-state index in [2.05, 4.69) is 0 Å². The van der Waals surface area contributed by atoms with E-state index in [9.17, 15) is 29.7 Å². The van der Waals surface area contributed by atoms with Gasteiger partial charge in [0.2, 0.25) is 0 Å². The number of hydrogen-bond acceptors (Lipinski definition) is 11. The quantitative estimate of drug-likeness (QED) is 0.147. The Labute approximate surface area is 260 Å². The summed E-state index contributed by atoms with van der Waals surface area (Å²) in [6, 6.07) is 10.1. The maximum atomic E-state index is 13.1. The van der Waals surface area contributed by atoms with Crippen molar-refractivity contribution in [2.45, 2.75) is 82.3 Å². The highest BCUT2D eigenvalue weighted by Crippen LogP contribution is 2.35. The van der Waals surface area contributed by atoms with Crippen LogP contribution < -0.4 is 9.47 Å². The van der Waals surface area contributed by atoms with Crippen LogP contribution >= 0.6 is 11.6 Å². The molecule has 13 heteroatoms. The Morgan fingerprint density at radius 3 is 2.30 bits per heavy atom. The number of rotatable bonds is 17. The van der Waals surface area contributed by atoms with E-state index in [4.69, 9.17) is 40.4 Å². The van der Waals surface area contributed by atoms with Crippen LogP contribution in [0, 0.1) is 0 Å². The first-order valence-electron chi connectivity index (χ1n) is 14.3. The molecule has 3 rings (SSSR count). The Bertz CT molecular complexity index is 1270. The molecule has 0 radical (unpaired) electrons. The van der Waals surface area contributed by atoms with Gasteiger partial charge in [-0.25, -0.2) is 4.79 Å². The van der Waals surface area contributed by atoms with Crippen molar-refractivity contribution in [1.82, 2.24) is 0 Å². The lowest BCUT2D eigenvalue weighted by Gasteiger charge is -2.40. The summed E-state index contributed by atoms with van der Waals surface area (Å²) in [5, 5.41) is 38.8. The van der Waals surface area contributed by atoms with Gasteiger partial charge in [-0.1, -0.05) is 48.7 Å². The van der Waals surface area contributed by atoms with Crippen molar-refractivity contribution in [3.8, 4) is 11.5 Å². The van der Waals surface area contributed by atoms with E-state index in [-0.39, 0.29) is 47.3 Å². The second-order valence-corrected chi connectivity index (χ2v) is 10.8. The van der Waals surface area contributed by atoms with Crippen LogP contribution in [0.25, 0.3) is 0 Å². The highest BCUT2D eigenvalue weighted by Gasteiger charge is 2.47. The van der Waals surface area contributed by atoms with Gasteiger partial charge in [-0.3, -0.25) is 9.59 Å². The minimum Gasteiger partial charge on any atom is -0.496 e. The molecule has 0 saturated carbocycles. The zero-order valence-electron chi connectivity index (χ0n) is 24.6. The fourth-order valence-electron chi connectivity index (χ4n) is 4.79. The summed E-state index contributed by atoms with van der Waals surface area (Å²) in [6.45, 7) is -0.464. The lowest BCUT2D eigenvalue weighted by Crippen LogP contribution is -2.60. The molecule has 5 atom stereocenters. The summed E-state index contributed by atoms with van der Waals surface area (Å²) < 4.78 is 27.2. The highest BCUT2D eigenvalue weighted by atomic mass is 35.5. The van der Waals surface area contributed by atoms with Crippen LogP contribution in [-0.2, 0) is 36.8 Å². The van der Waals surface area contributed by atoms with Crippen molar-refractivity contribution in [3.63, 3.8) is 0 Å². The molecule has 2 aromatic carbocycles. The maximum absolute atomic E-state index is 13.1. The average molecular weight is 639 g/mol. The fraction of sp³-hybridized carbons (Fsp3) is 0.516. The fourth-order valence-corrected chi connectivity index (χ4v) is 5.01. The summed E-state index contributed by atoms with van der Waals surface area (Å²) in [7, 11) is 2.60. The molecule has 4 N–H and O–H groups in total. The number of carbonyl (C=O) groups excluding carboxylic acids is 2. The topological polar surface area (TPSA) is 178 Å². The number of aliphatic carboxylic acids is 1. The molecule has 1 heterocycles. The van der Waals surface area contributed by atoms with Gasteiger partial charge in [-0.15, -0.1) is 0 Å². The molecule has 242 valence electrons. The number of carboxylic acid groups (broad SMARTS) is 1.